The fourth-order valence-electron chi connectivity index (χ4n) is 1.30. The molecule has 1 rings (SSSR count). The molecule has 1 aromatic rings. The molecule has 0 radical (unpaired) electrons. The number of halogens is 2. The van der Waals surface area contributed by atoms with E-state index in [1.165, 1.54) is 0 Å². The minimum Gasteiger partial charge on any atom is -0.480 e. The summed E-state index contributed by atoms with van der Waals surface area (Å²) in [5.41, 5.74) is -0.786. The molecular formula is C10H9F2NO6S. The van der Waals surface area contributed by atoms with Crippen molar-refractivity contribution in [2.45, 2.75) is 6.04 Å². The van der Waals surface area contributed by atoms with Crippen LogP contribution in [0, 0.1) is 11.6 Å². The molecule has 0 saturated carbocycles. The molecule has 0 spiro atoms. The van der Waals surface area contributed by atoms with Crippen molar-refractivity contribution in [2.75, 3.05) is 5.75 Å². The Morgan fingerprint density at radius 3 is 2.40 bits per heavy atom. The Labute approximate surface area is 112 Å². The van der Waals surface area contributed by atoms with E-state index in [1.807, 2.05) is 0 Å². The predicted molar refractivity (Wildman–Crippen MR) is 61.7 cm³/mol. The molecule has 0 fully saturated rings. The monoisotopic (exact) mass is 309 g/mol. The van der Waals surface area contributed by atoms with Crippen LogP contribution in [0.15, 0.2) is 18.2 Å². The third-order valence-electron chi connectivity index (χ3n) is 2.18. The molecule has 0 heterocycles. The van der Waals surface area contributed by atoms with Crippen LogP contribution >= 0.6 is 0 Å². The number of nitrogens with one attached hydrogen (secondary N) is 1. The lowest BCUT2D eigenvalue weighted by atomic mass is 10.2. The molecular weight excluding hydrogens is 300 g/mol. The fourth-order valence-corrected chi connectivity index (χ4v) is 1.95. The lowest BCUT2D eigenvalue weighted by molar-refractivity contribution is -0.138. The van der Waals surface area contributed by atoms with Crippen LogP contribution in [0.25, 0.3) is 0 Å². The number of aliphatic carboxylic acids is 1. The van der Waals surface area contributed by atoms with E-state index in [9.17, 15) is 26.8 Å². The number of rotatable bonds is 5. The summed E-state index contributed by atoms with van der Waals surface area (Å²) in [7, 11) is -4.68. The highest BCUT2D eigenvalue weighted by Gasteiger charge is 2.27. The number of hydrogen-bond donors (Lipinski definition) is 3. The van der Waals surface area contributed by atoms with Crippen LogP contribution in [0.4, 0.5) is 8.78 Å². The summed E-state index contributed by atoms with van der Waals surface area (Å²) >= 11 is 0. The molecule has 0 aliphatic heterocycles. The first-order valence-electron chi connectivity index (χ1n) is 5.04. The van der Waals surface area contributed by atoms with Crippen LogP contribution in [0.1, 0.15) is 10.4 Å². The van der Waals surface area contributed by atoms with Crippen LogP contribution < -0.4 is 5.32 Å². The quantitative estimate of drug-likeness (QED) is 0.660. The van der Waals surface area contributed by atoms with Gasteiger partial charge >= 0.3 is 5.97 Å². The van der Waals surface area contributed by atoms with Gasteiger partial charge in [-0.1, -0.05) is 6.07 Å². The molecule has 0 saturated heterocycles. The Hall–Kier alpha value is -2.07. The first-order valence-corrected chi connectivity index (χ1v) is 6.65. The zero-order chi connectivity index (χ0) is 15.5. The molecule has 0 aliphatic carbocycles. The van der Waals surface area contributed by atoms with Gasteiger partial charge in [-0.3, -0.25) is 9.35 Å². The molecule has 0 aliphatic rings. The van der Waals surface area contributed by atoms with Crippen LogP contribution in [0.5, 0.6) is 0 Å². The summed E-state index contributed by atoms with van der Waals surface area (Å²) in [5.74, 6) is -7.20. The number of benzene rings is 1. The van der Waals surface area contributed by atoms with Gasteiger partial charge in [-0.25, -0.2) is 13.6 Å². The second-order valence-electron chi connectivity index (χ2n) is 3.71. The Balaban J connectivity index is 2.97. The molecule has 1 atom stereocenters. The number of carbonyl (C=O) groups excluding carboxylic acids is 1. The average Bonchev–Trinajstić information content (AvgIpc) is 2.29. The Kier molecular flexibility index (Phi) is 4.73. The van der Waals surface area contributed by atoms with Gasteiger partial charge in [0.15, 0.2) is 11.6 Å². The molecule has 0 aromatic heterocycles. The van der Waals surface area contributed by atoms with Gasteiger partial charge in [-0.2, -0.15) is 8.42 Å². The molecule has 20 heavy (non-hydrogen) atoms. The Bertz CT molecular complexity index is 645. The lowest BCUT2D eigenvalue weighted by Gasteiger charge is -2.13. The fraction of sp³-hybridized carbons (Fsp3) is 0.200. The van der Waals surface area contributed by atoms with Crippen molar-refractivity contribution >= 4 is 22.0 Å². The zero-order valence-corrected chi connectivity index (χ0v) is 10.5. The predicted octanol–water partition coefficient (Wildman–Crippen LogP) is 0.0356. The average molecular weight is 309 g/mol. The van der Waals surface area contributed by atoms with Crippen molar-refractivity contribution in [3.05, 3.63) is 35.4 Å². The Morgan fingerprint density at radius 2 is 1.90 bits per heavy atom. The minimum absolute atomic E-state index is 0.749. The molecule has 1 unspecified atom stereocenters. The summed E-state index contributed by atoms with van der Waals surface area (Å²) in [6.07, 6.45) is 0. The molecule has 0 bridgehead atoms. The maximum absolute atomic E-state index is 13.3. The van der Waals surface area contributed by atoms with Crippen molar-refractivity contribution in [1.29, 1.82) is 0 Å². The van der Waals surface area contributed by atoms with Gasteiger partial charge < -0.3 is 10.4 Å². The van der Waals surface area contributed by atoms with Crippen LogP contribution in [0.2, 0.25) is 0 Å². The van der Waals surface area contributed by atoms with Gasteiger partial charge in [-0.05, 0) is 12.1 Å². The lowest BCUT2D eigenvalue weighted by Crippen LogP contribution is -2.45. The topological polar surface area (TPSA) is 121 Å². The largest absolute Gasteiger partial charge is 0.480 e. The summed E-state index contributed by atoms with van der Waals surface area (Å²) in [6.45, 7) is 0. The third kappa shape index (κ3) is 4.24. The molecule has 7 nitrogen and oxygen atoms in total. The molecule has 110 valence electrons. The van der Waals surface area contributed by atoms with Crippen molar-refractivity contribution in [1.82, 2.24) is 5.32 Å². The smallest absolute Gasteiger partial charge is 0.327 e. The highest BCUT2D eigenvalue weighted by molar-refractivity contribution is 7.85. The number of carboxylic acid groups (broad SMARTS) is 1. The summed E-state index contributed by atoms with van der Waals surface area (Å²) in [6, 6.07) is 0.658. The molecule has 1 amide bonds. The van der Waals surface area contributed by atoms with E-state index in [-0.39, 0.29) is 0 Å². The number of hydrogen-bond acceptors (Lipinski definition) is 4. The maximum atomic E-state index is 13.3. The van der Waals surface area contributed by atoms with E-state index in [4.69, 9.17) is 9.66 Å². The van der Waals surface area contributed by atoms with E-state index in [0.717, 1.165) is 18.2 Å². The normalized spacial score (nSPS) is 12.8. The van der Waals surface area contributed by atoms with Crippen LogP contribution in [-0.2, 0) is 14.9 Å². The molecule has 3 N–H and O–H groups in total. The summed E-state index contributed by atoms with van der Waals surface area (Å²) < 4.78 is 55.9. The van der Waals surface area contributed by atoms with Crippen molar-refractivity contribution in [3.63, 3.8) is 0 Å². The van der Waals surface area contributed by atoms with E-state index in [1.54, 1.807) is 5.32 Å². The first kappa shape index (κ1) is 16.0. The van der Waals surface area contributed by atoms with Crippen molar-refractivity contribution in [2.24, 2.45) is 0 Å². The highest BCUT2D eigenvalue weighted by Crippen LogP contribution is 2.11. The zero-order valence-electron chi connectivity index (χ0n) is 9.71. The van der Waals surface area contributed by atoms with E-state index in [0.29, 0.717) is 0 Å². The molecule has 10 heteroatoms. The highest BCUT2D eigenvalue weighted by atomic mass is 32.2. The second kappa shape index (κ2) is 5.92. The van der Waals surface area contributed by atoms with E-state index < -0.39 is 51.0 Å². The van der Waals surface area contributed by atoms with Gasteiger partial charge in [0.2, 0.25) is 0 Å². The van der Waals surface area contributed by atoms with E-state index in [2.05, 4.69) is 0 Å². The number of carboxylic acids is 1. The number of amides is 1. The molecule has 1 aromatic carbocycles. The van der Waals surface area contributed by atoms with Crippen LogP contribution in [0.3, 0.4) is 0 Å². The summed E-state index contributed by atoms with van der Waals surface area (Å²) in [5, 5.41) is 10.4. The Morgan fingerprint density at radius 1 is 1.30 bits per heavy atom. The second-order valence-corrected chi connectivity index (χ2v) is 5.21. The van der Waals surface area contributed by atoms with Gasteiger partial charge in [0.1, 0.15) is 11.8 Å². The van der Waals surface area contributed by atoms with Crippen molar-refractivity contribution < 1.29 is 36.4 Å². The maximum Gasteiger partial charge on any atom is 0.327 e. The third-order valence-corrected chi connectivity index (χ3v) is 2.93. The van der Waals surface area contributed by atoms with Gasteiger partial charge in [-0.15, -0.1) is 0 Å². The minimum atomic E-state index is -4.68. The first-order chi connectivity index (χ1) is 9.11. The standard InChI is InChI=1S/C10H9F2NO6S/c11-6-3-1-2-5(8(6)12)9(14)13-7(10(15)16)4-20(17,18)19/h1-3,7H,4H2,(H,13,14)(H,15,16)(H,17,18,19). The van der Waals surface area contributed by atoms with Gasteiger partial charge in [0.25, 0.3) is 16.0 Å². The van der Waals surface area contributed by atoms with Crippen LogP contribution in [-0.4, -0.2) is 41.7 Å². The van der Waals surface area contributed by atoms with Crippen molar-refractivity contribution in [3.8, 4) is 0 Å². The SMILES string of the molecule is O=C(NC(CS(=O)(=O)O)C(=O)O)c1cccc(F)c1F. The van der Waals surface area contributed by atoms with E-state index >= 15 is 0 Å². The van der Waals surface area contributed by atoms with Gasteiger partial charge in [0.05, 0.1) is 5.56 Å². The summed E-state index contributed by atoms with van der Waals surface area (Å²) in [4.78, 5) is 22.3. The van der Waals surface area contributed by atoms with Gasteiger partial charge in [0, 0.05) is 0 Å². The number of carbonyl (C=O) groups is 2.